The van der Waals surface area contributed by atoms with E-state index in [1.54, 1.807) is 18.3 Å². The third kappa shape index (κ3) is 5.07. The molecular weight excluding hydrogens is 390 g/mol. The normalized spacial score (nSPS) is 12.7. The van der Waals surface area contributed by atoms with E-state index in [-0.39, 0.29) is 16.7 Å². The Kier molecular flexibility index (Phi) is 6.09. The topological polar surface area (TPSA) is 120 Å². The zero-order chi connectivity index (χ0) is 21.0. The van der Waals surface area contributed by atoms with Crippen LogP contribution in [0.5, 0.6) is 0 Å². The number of aromatic nitrogens is 3. The van der Waals surface area contributed by atoms with Crippen molar-refractivity contribution in [1.29, 1.82) is 0 Å². The highest BCUT2D eigenvalue weighted by Crippen LogP contribution is 2.22. The summed E-state index contributed by atoms with van der Waals surface area (Å²) in [5.74, 6) is -0.157. The van der Waals surface area contributed by atoms with Gasteiger partial charge in [0.2, 0.25) is 15.9 Å². The van der Waals surface area contributed by atoms with Gasteiger partial charge in [-0.2, -0.15) is 0 Å². The standard InChI is InChI=1S/C20H23N5O3S/c1-14(2)19(20(26)22-12-15-6-4-3-5-7-15)25-13-18(23-24-25)16-8-10-17(11-9-16)29(21,27)28/h3-11,13-14,19H,12H2,1-2H3,(H,22,26)(H2,21,27,28)/t19-/m0/s1. The van der Waals surface area contributed by atoms with Gasteiger partial charge in [0.05, 0.1) is 11.1 Å². The summed E-state index contributed by atoms with van der Waals surface area (Å²) in [7, 11) is -3.76. The second-order valence-electron chi connectivity index (χ2n) is 7.05. The van der Waals surface area contributed by atoms with Crippen molar-refractivity contribution >= 4 is 15.9 Å². The van der Waals surface area contributed by atoms with E-state index in [0.717, 1.165) is 5.56 Å². The number of amides is 1. The maximum atomic E-state index is 12.8. The van der Waals surface area contributed by atoms with Gasteiger partial charge in [-0.15, -0.1) is 5.10 Å². The molecule has 3 aromatic rings. The first-order valence-corrected chi connectivity index (χ1v) is 10.7. The van der Waals surface area contributed by atoms with Crippen LogP contribution in [-0.4, -0.2) is 29.3 Å². The van der Waals surface area contributed by atoms with Crippen LogP contribution >= 0.6 is 0 Å². The van der Waals surface area contributed by atoms with E-state index in [1.807, 2.05) is 44.2 Å². The van der Waals surface area contributed by atoms with E-state index < -0.39 is 16.1 Å². The van der Waals surface area contributed by atoms with Gasteiger partial charge in [-0.25, -0.2) is 18.2 Å². The third-order valence-corrected chi connectivity index (χ3v) is 5.41. The van der Waals surface area contributed by atoms with Gasteiger partial charge in [0.25, 0.3) is 0 Å². The fourth-order valence-corrected chi connectivity index (χ4v) is 3.49. The molecule has 9 heteroatoms. The number of hydrogen-bond donors (Lipinski definition) is 2. The van der Waals surface area contributed by atoms with E-state index in [0.29, 0.717) is 17.8 Å². The van der Waals surface area contributed by atoms with Gasteiger partial charge < -0.3 is 5.32 Å². The van der Waals surface area contributed by atoms with Crippen molar-refractivity contribution in [3.63, 3.8) is 0 Å². The molecule has 0 aliphatic rings. The number of carbonyl (C=O) groups excluding carboxylic acids is 1. The number of primary sulfonamides is 1. The van der Waals surface area contributed by atoms with Crippen LogP contribution in [-0.2, 0) is 21.4 Å². The van der Waals surface area contributed by atoms with Crippen LogP contribution in [0.1, 0.15) is 25.5 Å². The third-order valence-electron chi connectivity index (χ3n) is 4.48. The van der Waals surface area contributed by atoms with Gasteiger partial charge in [0.1, 0.15) is 11.7 Å². The maximum Gasteiger partial charge on any atom is 0.245 e. The molecule has 3 N–H and O–H groups in total. The summed E-state index contributed by atoms with van der Waals surface area (Å²) in [6.45, 7) is 4.31. The van der Waals surface area contributed by atoms with Gasteiger partial charge in [0.15, 0.2) is 0 Å². The summed E-state index contributed by atoms with van der Waals surface area (Å²) >= 11 is 0. The number of nitrogens with zero attached hydrogens (tertiary/aromatic N) is 3. The summed E-state index contributed by atoms with van der Waals surface area (Å²) in [4.78, 5) is 12.8. The highest BCUT2D eigenvalue weighted by Gasteiger charge is 2.25. The van der Waals surface area contributed by atoms with Crippen molar-refractivity contribution in [2.75, 3.05) is 0 Å². The average molecular weight is 414 g/mol. The van der Waals surface area contributed by atoms with Crippen molar-refractivity contribution in [2.24, 2.45) is 11.1 Å². The van der Waals surface area contributed by atoms with Crippen LogP contribution in [0.15, 0.2) is 65.7 Å². The molecular formula is C20H23N5O3S. The Bertz CT molecular complexity index is 1080. The molecule has 8 nitrogen and oxygen atoms in total. The fourth-order valence-electron chi connectivity index (χ4n) is 2.98. The molecule has 0 aliphatic carbocycles. The van der Waals surface area contributed by atoms with Crippen LogP contribution in [0.4, 0.5) is 0 Å². The lowest BCUT2D eigenvalue weighted by atomic mass is 10.0. The second-order valence-corrected chi connectivity index (χ2v) is 8.61. The molecule has 0 saturated heterocycles. The number of benzene rings is 2. The fraction of sp³-hybridized carbons (Fsp3) is 0.250. The highest BCUT2D eigenvalue weighted by molar-refractivity contribution is 7.89. The van der Waals surface area contributed by atoms with Crippen LogP contribution in [0.25, 0.3) is 11.3 Å². The molecule has 0 spiro atoms. The number of hydrogen-bond acceptors (Lipinski definition) is 5. The Balaban J connectivity index is 1.77. The van der Waals surface area contributed by atoms with E-state index in [4.69, 9.17) is 5.14 Å². The number of rotatable bonds is 7. The summed E-state index contributed by atoms with van der Waals surface area (Å²) in [6, 6.07) is 15.2. The maximum absolute atomic E-state index is 12.8. The highest BCUT2D eigenvalue weighted by atomic mass is 32.2. The zero-order valence-electron chi connectivity index (χ0n) is 16.2. The Labute approximate surface area is 169 Å². The lowest BCUT2D eigenvalue weighted by Gasteiger charge is -2.20. The molecule has 0 fully saturated rings. The van der Waals surface area contributed by atoms with E-state index >= 15 is 0 Å². The van der Waals surface area contributed by atoms with Crippen LogP contribution in [0.2, 0.25) is 0 Å². The Morgan fingerprint density at radius 3 is 2.34 bits per heavy atom. The molecule has 0 saturated carbocycles. The predicted molar refractivity (Wildman–Crippen MR) is 109 cm³/mol. The molecule has 1 amide bonds. The van der Waals surface area contributed by atoms with Gasteiger partial charge in [0, 0.05) is 12.1 Å². The predicted octanol–water partition coefficient (Wildman–Crippen LogP) is 2.11. The average Bonchev–Trinajstić information content (AvgIpc) is 3.16. The lowest BCUT2D eigenvalue weighted by molar-refractivity contribution is -0.126. The monoisotopic (exact) mass is 413 g/mol. The Morgan fingerprint density at radius 2 is 1.76 bits per heavy atom. The second kappa shape index (κ2) is 8.54. The molecule has 0 unspecified atom stereocenters. The SMILES string of the molecule is CC(C)[C@@H](C(=O)NCc1ccccc1)n1cc(-c2ccc(S(N)(=O)=O)cc2)nn1. The van der Waals surface area contributed by atoms with Crippen LogP contribution in [0.3, 0.4) is 0 Å². The first-order valence-electron chi connectivity index (χ1n) is 9.12. The minimum atomic E-state index is -3.76. The molecule has 0 radical (unpaired) electrons. The smallest absolute Gasteiger partial charge is 0.245 e. The van der Waals surface area contributed by atoms with Crippen molar-refractivity contribution in [3.05, 3.63) is 66.4 Å². The molecule has 29 heavy (non-hydrogen) atoms. The largest absolute Gasteiger partial charge is 0.350 e. The quantitative estimate of drug-likeness (QED) is 0.615. The summed E-state index contributed by atoms with van der Waals surface area (Å²) in [5.41, 5.74) is 2.22. The lowest BCUT2D eigenvalue weighted by Crippen LogP contribution is -2.35. The zero-order valence-corrected chi connectivity index (χ0v) is 17.0. The van der Waals surface area contributed by atoms with E-state index in [9.17, 15) is 13.2 Å². The molecule has 152 valence electrons. The van der Waals surface area contributed by atoms with Crippen molar-refractivity contribution < 1.29 is 13.2 Å². The molecule has 1 aromatic heterocycles. The number of sulfonamides is 1. The van der Waals surface area contributed by atoms with Crippen LogP contribution < -0.4 is 10.5 Å². The first-order chi connectivity index (χ1) is 13.8. The summed E-state index contributed by atoms with van der Waals surface area (Å²) in [6.07, 6.45) is 1.68. The van der Waals surface area contributed by atoms with Crippen LogP contribution in [0, 0.1) is 5.92 Å². The van der Waals surface area contributed by atoms with E-state index in [1.165, 1.54) is 16.8 Å². The summed E-state index contributed by atoms with van der Waals surface area (Å²) in [5, 5.41) is 16.3. The minimum absolute atomic E-state index is 0.00918. The van der Waals surface area contributed by atoms with Crippen molar-refractivity contribution in [2.45, 2.75) is 31.3 Å². The minimum Gasteiger partial charge on any atom is -0.350 e. The molecule has 1 atom stereocenters. The molecule has 3 rings (SSSR count). The number of nitrogens with one attached hydrogen (secondary N) is 1. The van der Waals surface area contributed by atoms with E-state index in [2.05, 4.69) is 15.6 Å². The Morgan fingerprint density at radius 1 is 1.10 bits per heavy atom. The van der Waals surface area contributed by atoms with Gasteiger partial charge in [-0.05, 0) is 23.6 Å². The van der Waals surface area contributed by atoms with Gasteiger partial charge >= 0.3 is 0 Å². The molecule has 0 aliphatic heterocycles. The summed E-state index contributed by atoms with van der Waals surface area (Å²) < 4.78 is 24.3. The Hall–Kier alpha value is -3.04. The molecule has 0 bridgehead atoms. The van der Waals surface area contributed by atoms with Crippen molar-refractivity contribution in [3.8, 4) is 11.3 Å². The molecule has 2 aromatic carbocycles. The van der Waals surface area contributed by atoms with Crippen molar-refractivity contribution in [1.82, 2.24) is 20.3 Å². The van der Waals surface area contributed by atoms with Gasteiger partial charge in [-0.3, -0.25) is 4.79 Å². The molecule has 1 heterocycles. The number of nitrogens with two attached hydrogens (primary N) is 1. The first kappa shape index (κ1) is 20.7. The number of carbonyl (C=O) groups is 1. The van der Waals surface area contributed by atoms with Gasteiger partial charge in [-0.1, -0.05) is 61.5 Å².